The Kier molecular flexibility index (Phi) is 5.70. The van der Waals surface area contributed by atoms with Gasteiger partial charge in [0.05, 0.1) is 9.65 Å². The zero-order chi connectivity index (χ0) is 12.2. The molecule has 0 fully saturated rings. The van der Waals surface area contributed by atoms with Crippen molar-refractivity contribution in [3.05, 3.63) is 12.2 Å². The van der Waals surface area contributed by atoms with E-state index in [9.17, 15) is 0 Å². The third-order valence-electron chi connectivity index (χ3n) is 2.99. The molecular weight excluding hydrogens is 317 g/mol. The molecule has 0 aliphatic carbocycles. The molecule has 0 bridgehead atoms. The molecule has 1 rings (SSSR count). The van der Waals surface area contributed by atoms with Crippen LogP contribution >= 0.6 is 22.6 Å². The topological polar surface area (TPSA) is 21.7 Å². The smallest absolute Gasteiger partial charge is 0.103 e. The van der Waals surface area contributed by atoms with Crippen LogP contribution in [0.25, 0.3) is 0 Å². The van der Waals surface area contributed by atoms with Gasteiger partial charge in [0, 0.05) is 27.3 Å². The van der Waals surface area contributed by atoms with Gasteiger partial charge in [-0.2, -0.15) is 0 Å². The summed E-state index contributed by atoms with van der Waals surface area (Å²) < 4.78 is 11.1. The van der Waals surface area contributed by atoms with Gasteiger partial charge in [-0.05, 0) is 20.3 Å². The molecule has 0 saturated carbocycles. The number of methoxy groups -OCH3 is 2. The molecule has 0 spiro atoms. The predicted molar refractivity (Wildman–Crippen MR) is 75.0 cm³/mol. The molecule has 0 radical (unpaired) electrons. The fourth-order valence-corrected chi connectivity index (χ4v) is 2.36. The van der Waals surface area contributed by atoms with E-state index in [4.69, 9.17) is 9.47 Å². The Bertz CT molecular complexity index is 238. The van der Waals surface area contributed by atoms with Gasteiger partial charge in [0.25, 0.3) is 0 Å². The van der Waals surface area contributed by atoms with E-state index in [2.05, 4.69) is 53.5 Å². The van der Waals surface area contributed by atoms with Gasteiger partial charge in [-0.15, -0.1) is 0 Å². The van der Waals surface area contributed by atoms with Gasteiger partial charge < -0.3 is 9.47 Å². The van der Waals surface area contributed by atoms with E-state index < -0.39 is 0 Å². The van der Waals surface area contributed by atoms with Crippen molar-refractivity contribution in [3.8, 4) is 0 Å². The van der Waals surface area contributed by atoms with Crippen molar-refractivity contribution >= 4 is 22.6 Å². The van der Waals surface area contributed by atoms with Gasteiger partial charge in [-0.25, -0.2) is 0 Å². The minimum absolute atomic E-state index is 0.0616. The van der Waals surface area contributed by atoms with E-state index in [0.717, 1.165) is 19.5 Å². The van der Waals surface area contributed by atoms with E-state index in [0.29, 0.717) is 0 Å². The van der Waals surface area contributed by atoms with Gasteiger partial charge in [0.2, 0.25) is 0 Å². The van der Waals surface area contributed by atoms with Crippen LogP contribution in [-0.4, -0.2) is 48.0 Å². The van der Waals surface area contributed by atoms with Gasteiger partial charge in [0.1, 0.15) is 6.10 Å². The van der Waals surface area contributed by atoms with Crippen LogP contribution in [0, 0.1) is 0 Å². The van der Waals surface area contributed by atoms with Crippen LogP contribution in [0.3, 0.4) is 0 Å². The molecular formula is C12H22INO2. The van der Waals surface area contributed by atoms with Crippen molar-refractivity contribution in [2.24, 2.45) is 0 Å². The van der Waals surface area contributed by atoms with Gasteiger partial charge in [0.15, 0.2) is 0 Å². The summed E-state index contributed by atoms with van der Waals surface area (Å²) in [5.74, 6) is 0. The molecule has 2 unspecified atom stereocenters. The summed E-state index contributed by atoms with van der Waals surface area (Å²) in [6, 6.07) is 0. The highest BCUT2D eigenvalue weighted by atomic mass is 127. The molecule has 0 aromatic rings. The third-order valence-corrected chi connectivity index (χ3v) is 3.67. The van der Waals surface area contributed by atoms with E-state index in [1.807, 2.05) is 0 Å². The Balaban J connectivity index is 2.77. The molecule has 1 heterocycles. The summed E-state index contributed by atoms with van der Waals surface area (Å²) >= 11 is 2.48. The van der Waals surface area contributed by atoms with E-state index in [1.165, 1.54) is 0 Å². The van der Waals surface area contributed by atoms with Crippen molar-refractivity contribution < 1.29 is 9.47 Å². The maximum Gasteiger partial charge on any atom is 0.103 e. The van der Waals surface area contributed by atoms with Gasteiger partial charge in [-0.3, -0.25) is 4.90 Å². The van der Waals surface area contributed by atoms with Crippen LogP contribution in [0.5, 0.6) is 0 Å². The zero-order valence-corrected chi connectivity index (χ0v) is 12.7. The molecule has 1 aliphatic heterocycles. The Labute approximate surface area is 112 Å². The lowest BCUT2D eigenvalue weighted by molar-refractivity contribution is -0.0358. The van der Waals surface area contributed by atoms with Crippen LogP contribution in [0.4, 0.5) is 0 Å². The second kappa shape index (κ2) is 6.33. The van der Waals surface area contributed by atoms with E-state index >= 15 is 0 Å². The summed E-state index contributed by atoms with van der Waals surface area (Å²) in [6.07, 6.45) is 5.55. The van der Waals surface area contributed by atoms with Crippen molar-refractivity contribution in [2.75, 3.05) is 27.3 Å². The first kappa shape index (κ1) is 14.4. The highest BCUT2D eigenvalue weighted by molar-refractivity contribution is 14.1. The minimum Gasteiger partial charge on any atom is -0.377 e. The molecule has 0 saturated heterocycles. The Hall–Kier alpha value is 0.350. The van der Waals surface area contributed by atoms with Crippen LogP contribution in [0.1, 0.15) is 20.3 Å². The fourth-order valence-electron chi connectivity index (χ4n) is 1.92. The summed E-state index contributed by atoms with van der Waals surface area (Å²) in [7, 11) is 3.49. The van der Waals surface area contributed by atoms with Crippen LogP contribution < -0.4 is 0 Å². The molecule has 3 nitrogen and oxygen atoms in total. The first-order chi connectivity index (χ1) is 7.49. The second-order valence-electron chi connectivity index (χ2n) is 4.55. The normalized spacial score (nSPS) is 30.8. The lowest BCUT2D eigenvalue weighted by Gasteiger charge is -2.38. The molecule has 4 heteroatoms. The highest BCUT2D eigenvalue weighted by Gasteiger charge is 2.29. The van der Waals surface area contributed by atoms with Crippen molar-refractivity contribution in [2.45, 2.75) is 36.0 Å². The largest absolute Gasteiger partial charge is 0.377 e. The molecule has 1 aliphatic rings. The first-order valence-corrected chi connectivity index (χ1v) is 6.73. The monoisotopic (exact) mass is 339 g/mol. The number of nitrogens with zero attached hydrogens (tertiary/aromatic N) is 1. The lowest BCUT2D eigenvalue weighted by atomic mass is 10.1. The molecule has 0 N–H and O–H groups in total. The maximum atomic E-state index is 5.53. The zero-order valence-electron chi connectivity index (χ0n) is 10.6. The lowest BCUT2D eigenvalue weighted by Crippen LogP contribution is -2.48. The molecule has 16 heavy (non-hydrogen) atoms. The standard InChI is InChI=1S/C12H22INO2/c1-12(2,13)14-8-6-5-7-10(15-3)11(9-14)16-4/h5,7,10-11H,6,8-9H2,1-4H3/b7-5-. The Morgan fingerprint density at radius 2 is 2.00 bits per heavy atom. The van der Waals surface area contributed by atoms with Crippen molar-refractivity contribution in [3.63, 3.8) is 0 Å². The third kappa shape index (κ3) is 3.98. The predicted octanol–water partition coefficient (Wildman–Crippen LogP) is 2.45. The summed E-state index contributed by atoms with van der Waals surface area (Å²) in [5.41, 5.74) is 0. The molecule has 0 aromatic carbocycles. The highest BCUT2D eigenvalue weighted by Crippen LogP contribution is 2.25. The SMILES string of the molecule is COC1/C=C\CCN(C(C)(C)I)CC1OC. The second-order valence-corrected chi connectivity index (χ2v) is 7.19. The maximum absolute atomic E-state index is 5.53. The summed E-state index contributed by atoms with van der Waals surface area (Å²) in [4.78, 5) is 2.44. The molecule has 0 aromatic heterocycles. The fraction of sp³-hybridized carbons (Fsp3) is 0.833. The number of ether oxygens (including phenoxy) is 2. The van der Waals surface area contributed by atoms with Crippen LogP contribution in [-0.2, 0) is 9.47 Å². The Morgan fingerprint density at radius 1 is 1.31 bits per heavy atom. The van der Waals surface area contributed by atoms with Crippen molar-refractivity contribution in [1.82, 2.24) is 4.90 Å². The average Bonchev–Trinajstić information content (AvgIpc) is 2.16. The summed E-state index contributed by atoms with van der Waals surface area (Å²) in [6.45, 7) is 6.44. The number of hydrogen-bond acceptors (Lipinski definition) is 3. The molecule has 94 valence electrons. The first-order valence-electron chi connectivity index (χ1n) is 5.65. The minimum atomic E-state index is 0.0616. The van der Waals surface area contributed by atoms with Gasteiger partial charge in [-0.1, -0.05) is 34.7 Å². The van der Waals surface area contributed by atoms with Crippen LogP contribution in [0.2, 0.25) is 0 Å². The van der Waals surface area contributed by atoms with E-state index in [-0.39, 0.29) is 15.8 Å². The number of rotatable bonds is 3. The number of halogens is 1. The molecule has 0 amide bonds. The quantitative estimate of drug-likeness (QED) is 0.341. The number of hydrogen-bond donors (Lipinski definition) is 0. The van der Waals surface area contributed by atoms with E-state index in [1.54, 1.807) is 14.2 Å². The Morgan fingerprint density at radius 3 is 2.50 bits per heavy atom. The van der Waals surface area contributed by atoms with Crippen LogP contribution in [0.15, 0.2) is 12.2 Å². The average molecular weight is 339 g/mol. The van der Waals surface area contributed by atoms with Gasteiger partial charge >= 0.3 is 0 Å². The molecule has 2 atom stereocenters. The summed E-state index contributed by atoms with van der Waals surface area (Å²) in [5, 5.41) is 0. The van der Waals surface area contributed by atoms with Crippen molar-refractivity contribution in [1.29, 1.82) is 0 Å². The number of alkyl halides is 1.